The zero-order valence-corrected chi connectivity index (χ0v) is 11.4. The van der Waals surface area contributed by atoms with E-state index < -0.39 is 0 Å². The van der Waals surface area contributed by atoms with Gasteiger partial charge in [-0.3, -0.25) is 9.59 Å². The van der Waals surface area contributed by atoms with E-state index in [0.29, 0.717) is 13.0 Å². The molecular weight excluding hydrogens is 250 g/mol. The number of aryl methyl sites for hydroxylation is 1. The summed E-state index contributed by atoms with van der Waals surface area (Å²) in [5.74, 6) is -0.0781. The minimum Gasteiger partial charge on any atom is -0.343 e. The number of carbonyl (C=O) groups is 2. The Morgan fingerprint density at radius 1 is 1.56 bits per heavy atom. The molecule has 0 bridgehead atoms. The summed E-state index contributed by atoms with van der Waals surface area (Å²) in [7, 11) is 0. The van der Waals surface area contributed by atoms with Crippen LogP contribution in [0.15, 0.2) is 6.20 Å². The van der Waals surface area contributed by atoms with Gasteiger partial charge in [-0.25, -0.2) is 4.98 Å². The molecule has 1 aromatic rings. The van der Waals surface area contributed by atoms with Crippen LogP contribution in [0.2, 0.25) is 0 Å². The second kappa shape index (κ2) is 5.48. The Morgan fingerprint density at radius 3 is 2.94 bits per heavy atom. The molecule has 2 rings (SSSR count). The Labute approximate surface area is 110 Å². The van der Waals surface area contributed by atoms with Crippen LogP contribution in [0.5, 0.6) is 0 Å². The molecule has 98 valence electrons. The SMILES string of the molecule is CCCC1NC(=O)CN(Cc2ncc(C)s2)C1=O. The third-order valence-electron chi connectivity index (χ3n) is 2.85. The molecule has 0 spiro atoms. The number of amides is 2. The summed E-state index contributed by atoms with van der Waals surface area (Å²) in [5.41, 5.74) is 0. The topological polar surface area (TPSA) is 62.3 Å². The van der Waals surface area contributed by atoms with E-state index in [1.54, 1.807) is 22.4 Å². The highest BCUT2D eigenvalue weighted by Crippen LogP contribution is 2.16. The molecule has 5 nitrogen and oxygen atoms in total. The van der Waals surface area contributed by atoms with E-state index in [1.165, 1.54) is 0 Å². The van der Waals surface area contributed by atoms with Crippen molar-refractivity contribution in [2.75, 3.05) is 6.54 Å². The van der Waals surface area contributed by atoms with Crippen LogP contribution in [0.4, 0.5) is 0 Å². The van der Waals surface area contributed by atoms with Gasteiger partial charge in [0.1, 0.15) is 17.6 Å². The van der Waals surface area contributed by atoms with Crippen molar-refractivity contribution in [3.63, 3.8) is 0 Å². The second-order valence-corrected chi connectivity index (χ2v) is 5.79. The van der Waals surface area contributed by atoms with Crippen LogP contribution < -0.4 is 5.32 Å². The molecule has 18 heavy (non-hydrogen) atoms. The van der Waals surface area contributed by atoms with Crippen molar-refractivity contribution in [3.8, 4) is 0 Å². The Bertz CT molecular complexity index is 458. The van der Waals surface area contributed by atoms with Gasteiger partial charge in [0.25, 0.3) is 0 Å². The monoisotopic (exact) mass is 267 g/mol. The first-order valence-electron chi connectivity index (χ1n) is 6.09. The van der Waals surface area contributed by atoms with Gasteiger partial charge in [0.2, 0.25) is 11.8 Å². The summed E-state index contributed by atoms with van der Waals surface area (Å²) in [5, 5.41) is 3.62. The van der Waals surface area contributed by atoms with E-state index in [1.807, 2.05) is 13.8 Å². The van der Waals surface area contributed by atoms with Crippen LogP contribution in [0, 0.1) is 6.92 Å². The highest BCUT2D eigenvalue weighted by atomic mass is 32.1. The molecule has 1 aliphatic rings. The van der Waals surface area contributed by atoms with Crippen LogP contribution in [0.1, 0.15) is 29.7 Å². The molecule has 0 radical (unpaired) electrons. The lowest BCUT2D eigenvalue weighted by atomic mass is 10.1. The summed E-state index contributed by atoms with van der Waals surface area (Å²) in [6.45, 7) is 4.55. The summed E-state index contributed by atoms with van der Waals surface area (Å²) in [6, 6.07) is -0.364. The van der Waals surface area contributed by atoms with E-state index in [-0.39, 0.29) is 24.4 Å². The molecule has 1 fully saturated rings. The fourth-order valence-corrected chi connectivity index (χ4v) is 2.83. The molecule has 1 atom stereocenters. The zero-order chi connectivity index (χ0) is 13.1. The maximum absolute atomic E-state index is 12.2. The molecule has 6 heteroatoms. The minimum atomic E-state index is -0.364. The summed E-state index contributed by atoms with van der Waals surface area (Å²) < 4.78 is 0. The second-order valence-electron chi connectivity index (χ2n) is 4.47. The molecule has 1 aliphatic heterocycles. The molecule has 1 aromatic heterocycles. The Morgan fingerprint density at radius 2 is 2.33 bits per heavy atom. The first kappa shape index (κ1) is 13.0. The Balaban J connectivity index is 2.06. The lowest BCUT2D eigenvalue weighted by molar-refractivity contribution is -0.145. The fraction of sp³-hybridized carbons (Fsp3) is 0.583. The number of piperazine rings is 1. The number of nitrogens with one attached hydrogen (secondary N) is 1. The van der Waals surface area contributed by atoms with E-state index in [0.717, 1.165) is 16.3 Å². The first-order chi connectivity index (χ1) is 8.60. The molecule has 0 aliphatic carbocycles. The van der Waals surface area contributed by atoms with E-state index in [9.17, 15) is 9.59 Å². The molecule has 1 saturated heterocycles. The standard InChI is InChI=1S/C12H17N3O2S/c1-3-4-9-12(17)15(6-10(16)14-9)7-11-13-5-8(2)18-11/h5,9H,3-4,6-7H2,1-2H3,(H,14,16). The predicted molar refractivity (Wildman–Crippen MR) is 69.1 cm³/mol. The molecule has 2 heterocycles. The van der Waals surface area contributed by atoms with Crippen molar-refractivity contribution in [1.29, 1.82) is 0 Å². The molecule has 0 saturated carbocycles. The van der Waals surface area contributed by atoms with Gasteiger partial charge in [0.05, 0.1) is 6.54 Å². The van der Waals surface area contributed by atoms with Crippen LogP contribution in [-0.2, 0) is 16.1 Å². The maximum atomic E-state index is 12.2. The third kappa shape index (κ3) is 2.87. The molecule has 1 N–H and O–H groups in total. The van der Waals surface area contributed by atoms with Gasteiger partial charge in [0.15, 0.2) is 0 Å². The third-order valence-corrected chi connectivity index (χ3v) is 3.75. The number of nitrogens with zero attached hydrogens (tertiary/aromatic N) is 2. The number of carbonyl (C=O) groups excluding carboxylic acids is 2. The fourth-order valence-electron chi connectivity index (χ4n) is 2.03. The minimum absolute atomic E-state index is 0.00398. The van der Waals surface area contributed by atoms with Gasteiger partial charge in [-0.05, 0) is 13.3 Å². The van der Waals surface area contributed by atoms with Gasteiger partial charge in [0, 0.05) is 11.1 Å². The van der Waals surface area contributed by atoms with Gasteiger partial charge in [-0.1, -0.05) is 13.3 Å². The molecule has 2 amide bonds. The smallest absolute Gasteiger partial charge is 0.245 e. The summed E-state index contributed by atoms with van der Waals surface area (Å²) in [4.78, 5) is 30.7. The molecule has 1 unspecified atom stereocenters. The van der Waals surface area contributed by atoms with Gasteiger partial charge >= 0.3 is 0 Å². The number of rotatable bonds is 4. The number of thiazole rings is 1. The highest BCUT2D eigenvalue weighted by molar-refractivity contribution is 7.11. The van der Waals surface area contributed by atoms with Crippen LogP contribution >= 0.6 is 11.3 Å². The zero-order valence-electron chi connectivity index (χ0n) is 10.6. The number of hydrogen-bond acceptors (Lipinski definition) is 4. The van der Waals surface area contributed by atoms with Crippen molar-refractivity contribution in [2.24, 2.45) is 0 Å². The average Bonchev–Trinajstić information content (AvgIpc) is 2.71. The van der Waals surface area contributed by atoms with Gasteiger partial charge < -0.3 is 10.2 Å². The lowest BCUT2D eigenvalue weighted by Crippen LogP contribution is -2.57. The maximum Gasteiger partial charge on any atom is 0.245 e. The molecular formula is C12H17N3O2S. The Hall–Kier alpha value is -1.43. The normalized spacial score (nSPS) is 20.1. The average molecular weight is 267 g/mol. The quantitative estimate of drug-likeness (QED) is 0.888. The summed E-state index contributed by atoms with van der Waals surface area (Å²) >= 11 is 1.56. The largest absolute Gasteiger partial charge is 0.343 e. The van der Waals surface area contributed by atoms with Crippen molar-refractivity contribution >= 4 is 23.2 Å². The number of hydrogen-bond donors (Lipinski definition) is 1. The predicted octanol–water partition coefficient (Wildman–Crippen LogP) is 1.08. The first-order valence-corrected chi connectivity index (χ1v) is 6.91. The van der Waals surface area contributed by atoms with E-state index in [2.05, 4.69) is 10.3 Å². The van der Waals surface area contributed by atoms with Gasteiger partial charge in [-0.15, -0.1) is 11.3 Å². The lowest BCUT2D eigenvalue weighted by Gasteiger charge is -2.31. The number of aromatic nitrogens is 1. The van der Waals surface area contributed by atoms with Crippen molar-refractivity contribution in [2.45, 2.75) is 39.3 Å². The van der Waals surface area contributed by atoms with Crippen molar-refractivity contribution in [3.05, 3.63) is 16.1 Å². The van der Waals surface area contributed by atoms with Crippen molar-refractivity contribution in [1.82, 2.24) is 15.2 Å². The van der Waals surface area contributed by atoms with E-state index in [4.69, 9.17) is 0 Å². The van der Waals surface area contributed by atoms with Crippen LogP contribution in [0.25, 0.3) is 0 Å². The van der Waals surface area contributed by atoms with Crippen LogP contribution in [0.3, 0.4) is 0 Å². The van der Waals surface area contributed by atoms with Gasteiger partial charge in [-0.2, -0.15) is 0 Å². The Kier molecular flexibility index (Phi) is 3.96. The highest BCUT2D eigenvalue weighted by Gasteiger charge is 2.32. The summed E-state index contributed by atoms with van der Waals surface area (Å²) in [6.07, 6.45) is 3.36. The van der Waals surface area contributed by atoms with Crippen LogP contribution in [-0.4, -0.2) is 34.3 Å². The van der Waals surface area contributed by atoms with Crippen molar-refractivity contribution < 1.29 is 9.59 Å². The molecule has 0 aromatic carbocycles. The van der Waals surface area contributed by atoms with E-state index >= 15 is 0 Å².